The maximum absolute atomic E-state index is 10.8. The quantitative estimate of drug-likeness (QED) is 0.188. The van der Waals surface area contributed by atoms with Gasteiger partial charge in [0, 0.05) is 6.08 Å². The van der Waals surface area contributed by atoms with Crippen molar-refractivity contribution in [2.75, 3.05) is 14.2 Å². The molecule has 0 spiro atoms. The van der Waals surface area contributed by atoms with E-state index < -0.39 is 17.5 Å². The summed E-state index contributed by atoms with van der Waals surface area (Å²) in [6.45, 7) is 0. The van der Waals surface area contributed by atoms with E-state index in [0.717, 1.165) is 20.3 Å². The van der Waals surface area contributed by atoms with Gasteiger partial charge in [-0.1, -0.05) is 0 Å². The maximum atomic E-state index is 10.8. The van der Waals surface area contributed by atoms with Gasteiger partial charge in [0.15, 0.2) is 5.57 Å². The van der Waals surface area contributed by atoms with Crippen molar-refractivity contribution in [2.45, 2.75) is 0 Å². The van der Waals surface area contributed by atoms with Crippen LogP contribution >= 0.6 is 0 Å². The fourth-order valence-corrected chi connectivity index (χ4v) is 0.486. The molecule has 0 aliphatic heterocycles. The fraction of sp³-hybridized carbons (Fsp3) is 0.286. The van der Waals surface area contributed by atoms with Gasteiger partial charge in [-0.05, 0) is 0 Å². The van der Waals surface area contributed by atoms with E-state index in [-0.39, 0.29) is 0 Å². The number of carbonyl (C=O) groups excluding carboxylic acids is 2. The summed E-state index contributed by atoms with van der Waals surface area (Å²) < 4.78 is 8.46. The number of esters is 2. The number of nitriles is 1. The molecule has 5 nitrogen and oxygen atoms in total. The molecule has 0 amide bonds. The first kappa shape index (κ1) is 10.2. The van der Waals surface area contributed by atoms with Crippen molar-refractivity contribution in [1.29, 1.82) is 5.26 Å². The van der Waals surface area contributed by atoms with Crippen molar-refractivity contribution in [2.24, 2.45) is 0 Å². The molecule has 0 aliphatic carbocycles. The highest BCUT2D eigenvalue weighted by Crippen LogP contribution is 1.99. The van der Waals surface area contributed by atoms with E-state index in [9.17, 15) is 9.59 Å². The minimum Gasteiger partial charge on any atom is -0.465 e. The molecule has 0 fully saturated rings. The molecule has 0 aromatic rings. The standard InChI is InChI=1S/C7H7NO4/c1-11-6(9)5(3-4-8)7(10)12-2/h3H,1-2H3. The van der Waals surface area contributed by atoms with Crippen LogP contribution in [-0.4, -0.2) is 26.2 Å². The highest BCUT2D eigenvalue weighted by atomic mass is 16.5. The number of rotatable bonds is 2. The fourth-order valence-electron chi connectivity index (χ4n) is 0.486. The van der Waals surface area contributed by atoms with Gasteiger partial charge in [-0.2, -0.15) is 5.26 Å². The average Bonchev–Trinajstić information content (AvgIpc) is 2.11. The van der Waals surface area contributed by atoms with Crippen LogP contribution in [0.25, 0.3) is 0 Å². The number of nitrogens with zero attached hydrogens (tertiary/aromatic N) is 1. The lowest BCUT2D eigenvalue weighted by molar-refractivity contribution is -0.144. The number of carbonyl (C=O) groups is 2. The number of ether oxygens (including phenoxy) is 2. The zero-order valence-electron chi connectivity index (χ0n) is 6.66. The predicted octanol–water partition coefficient (Wildman–Crippen LogP) is -0.218. The van der Waals surface area contributed by atoms with Crippen LogP contribution in [0.5, 0.6) is 0 Å². The van der Waals surface area contributed by atoms with E-state index in [1.54, 1.807) is 0 Å². The zero-order valence-corrected chi connectivity index (χ0v) is 6.66. The Morgan fingerprint density at radius 3 is 1.92 bits per heavy atom. The first-order valence-electron chi connectivity index (χ1n) is 2.93. The Labute approximate surface area is 69.2 Å². The maximum Gasteiger partial charge on any atom is 0.346 e. The van der Waals surface area contributed by atoms with Gasteiger partial charge in [0.2, 0.25) is 0 Å². The topological polar surface area (TPSA) is 76.4 Å². The lowest BCUT2D eigenvalue weighted by atomic mass is 10.2. The summed E-state index contributed by atoms with van der Waals surface area (Å²) >= 11 is 0. The molecule has 0 heterocycles. The smallest absolute Gasteiger partial charge is 0.346 e. The Bertz CT molecular complexity index is 243. The second-order valence-corrected chi connectivity index (χ2v) is 1.67. The summed E-state index contributed by atoms with van der Waals surface area (Å²) in [6, 6.07) is 1.53. The van der Waals surface area contributed by atoms with E-state index in [0.29, 0.717) is 0 Å². The molecule has 0 aromatic carbocycles. The Morgan fingerprint density at radius 2 is 1.67 bits per heavy atom. The molecular formula is C7H7NO4. The van der Waals surface area contributed by atoms with E-state index in [1.807, 2.05) is 0 Å². The molecular weight excluding hydrogens is 162 g/mol. The molecule has 0 bridgehead atoms. The van der Waals surface area contributed by atoms with Crippen LogP contribution in [-0.2, 0) is 19.1 Å². The third-order valence-corrected chi connectivity index (χ3v) is 1.02. The Balaban J connectivity index is 4.71. The summed E-state index contributed by atoms with van der Waals surface area (Å²) in [7, 11) is 2.22. The van der Waals surface area contributed by atoms with Gasteiger partial charge in [-0.15, -0.1) is 0 Å². The molecule has 0 aliphatic rings. The SMILES string of the molecule is COC(=O)C(=CC#N)C(=O)OC. The van der Waals surface area contributed by atoms with Crippen LogP contribution in [0.2, 0.25) is 0 Å². The summed E-state index contributed by atoms with van der Waals surface area (Å²) in [5.41, 5.74) is -0.414. The average molecular weight is 169 g/mol. The highest BCUT2D eigenvalue weighted by molar-refractivity contribution is 6.14. The monoisotopic (exact) mass is 169 g/mol. The summed E-state index contributed by atoms with van der Waals surface area (Å²) in [5.74, 6) is -1.77. The highest BCUT2D eigenvalue weighted by Gasteiger charge is 2.18. The summed E-state index contributed by atoms with van der Waals surface area (Å²) in [6.07, 6.45) is 0.775. The van der Waals surface area contributed by atoms with Crippen molar-refractivity contribution in [1.82, 2.24) is 0 Å². The normalized spacial score (nSPS) is 7.75. The molecule has 0 atom stereocenters. The minimum absolute atomic E-state index is 0.414. The Kier molecular flexibility index (Phi) is 4.16. The molecule has 0 unspecified atom stereocenters. The van der Waals surface area contributed by atoms with Crippen LogP contribution in [0.15, 0.2) is 11.6 Å². The zero-order chi connectivity index (χ0) is 9.56. The minimum atomic E-state index is -0.886. The van der Waals surface area contributed by atoms with Gasteiger partial charge >= 0.3 is 11.9 Å². The van der Waals surface area contributed by atoms with Gasteiger partial charge in [0.05, 0.1) is 20.3 Å². The second-order valence-electron chi connectivity index (χ2n) is 1.67. The van der Waals surface area contributed by atoms with Crippen molar-refractivity contribution in [3.05, 3.63) is 11.6 Å². The van der Waals surface area contributed by atoms with Gasteiger partial charge in [0.1, 0.15) is 0 Å². The number of hydrogen-bond acceptors (Lipinski definition) is 5. The van der Waals surface area contributed by atoms with Crippen LogP contribution in [0.3, 0.4) is 0 Å². The van der Waals surface area contributed by atoms with Crippen LogP contribution < -0.4 is 0 Å². The number of allylic oxidation sites excluding steroid dienone is 1. The van der Waals surface area contributed by atoms with Gasteiger partial charge < -0.3 is 9.47 Å². The van der Waals surface area contributed by atoms with E-state index in [1.165, 1.54) is 6.07 Å². The Hall–Kier alpha value is -1.83. The second kappa shape index (κ2) is 4.91. The van der Waals surface area contributed by atoms with E-state index in [2.05, 4.69) is 9.47 Å². The van der Waals surface area contributed by atoms with Gasteiger partial charge in [0.25, 0.3) is 0 Å². The molecule has 0 N–H and O–H groups in total. The molecule has 12 heavy (non-hydrogen) atoms. The van der Waals surface area contributed by atoms with Crippen molar-refractivity contribution in [3.8, 4) is 6.07 Å². The first-order valence-corrected chi connectivity index (χ1v) is 2.93. The first-order chi connectivity index (χ1) is 5.67. The summed E-state index contributed by atoms with van der Waals surface area (Å²) in [4.78, 5) is 21.5. The predicted molar refractivity (Wildman–Crippen MR) is 37.7 cm³/mol. The third-order valence-electron chi connectivity index (χ3n) is 1.02. The largest absolute Gasteiger partial charge is 0.465 e. The van der Waals surface area contributed by atoms with Crippen LogP contribution in [0, 0.1) is 11.3 Å². The molecule has 0 saturated carbocycles. The number of hydrogen-bond donors (Lipinski definition) is 0. The van der Waals surface area contributed by atoms with E-state index in [4.69, 9.17) is 5.26 Å². The Morgan fingerprint density at radius 1 is 1.25 bits per heavy atom. The van der Waals surface area contributed by atoms with Crippen molar-refractivity contribution >= 4 is 11.9 Å². The lowest BCUT2D eigenvalue weighted by Gasteiger charge is -1.99. The van der Waals surface area contributed by atoms with Crippen molar-refractivity contribution < 1.29 is 19.1 Å². The van der Waals surface area contributed by atoms with Crippen LogP contribution in [0.4, 0.5) is 0 Å². The molecule has 64 valence electrons. The summed E-state index contributed by atoms with van der Waals surface area (Å²) in [5, 5.41) is 8.18. The van der Waals surface area contributed by atoms with E-state index >= 15 is 0 Å². The van der Waals surface area contributed by atoms with Gasteiger partial charge in [-0.3, -0.25) is 0 Å². The number of methoxy groups -OCH3 is 2. The van der Waals surface area contributed by atoms with Crippen molar-refractivity contribution in [3.63, 3.8) is 0 Å². The van der Waals surface area contributed by atoms with Gasteiger partial charge in [-0.25, -0.2) is 9.59 Å². The molecule has 5 heteroatoms. The van der Waals surface area contributed by atoms with Crippen LogP contribution in [0.1, 0.15) is 0 Å². The third kappa shape index (κ3) is 2.42. The lowest BCUT2D eigenvalue weighted by Crippen LogP contribution is -2.15. The molecule has 0 rings (SSSR count). The molecule has 0 saturated heterocycles. The molecule has 0 radical (unpaired) electrons. The molecule has 0 aromatic heterocycles.